The predicted molar refractivity (Wildman–Crippen MR) is 68.6 cm³/mol. The van der Waals surface area contributed by atoms with Gasteiger partial charge in [0.2, 0.25) is 0 Å². The van der Waals surface area contributed by atoms with Gasteiger partial charge in [-0.25, -0.2) is 0 Å². The van der Waals surface area contributed by atoms with E-state index >= 15 is 0 Å². The van der Waals surface area contributed by atoms with Crippen LogP contribution in [0.25, 0.3) is 0 Å². The van der Waals surface area contributed by atoms with Crippen LogP contribution in [0.4, 0.5) is 0 Å². The third-order valence-electron chi connectivity index (χ3n) is 2.85. The second-order valence-corrected chi connectivity index (χ2v) is 5.93. The van der Waals surface area contributed by atoms with Crippen molar-refractivity contribution in [3.8, 4) is 0 Å². The van der Waals surface area contributed by atoms with E-state index in [1.165, 1.54) is 24.3 Å². The van der Waals surface area contributed by atoms with Gasteiger partial charge in [0.25, 0.3) is 0 Å². The number of thioether (sulfide) groups is 1. The van der Waals surface area contributed by atoms with E-state index in [4.69, 9.17) is 4.74 Å². The maximum absolute atomic E-state index is 5.20. The highest BCUT2D eigenvalue weighted by atomic mass is 32.2. The molecular formula is C12H25NOS. The van der Waals surface area contributed by atoms with Crippen LogP contribution in [0.2, 0.25) is 0 Å². The van der Waals surface area contributed by atoms with E-state index < -0.39 is 0 Å². The Labute approximate surface area is 98.5 Å². The molecule has 1 fully saturated rings. The smallest absolute Gasteiger partial charge is 0.0618 e. The molecule has 0 aromatic carbocycles. The molecule has 0 aromatic rings. The second-order valence-electron chi connectivity index (χ2n) is 4.78. The lowest BCUT2D eigenvalue weighted by molar-refractivity contribution is 0.148. The molecule has 2 nitrogen and oxygen atoms in total. The van der Waals surface area contributed by atoms with Gasteiger partial charge in [0, 0.05) is 25.4 Å². The fourth-order valence-corrected chi connectivity index (χ4v) is 2.61. The summed E-state index contributed by atoms with van der Waals surface area (Å²) in [7, 11) is 1.78. The van der Waals surface area contributed by atoms with Crippen molar-refractivity contribution >= 4 is 11.8 Å². The first-order valence-electron chi connectivity index (χ1n) is 6.04. The minimum Gasteiger partial charge on any atom is -0.383 e. The molecule has 0 spiro atoms. The van der Waals surface area contributed by atoms with E-state index in [-0.39, 0.29) is 0 Å². The van der Waals surface area contributed by atoms with Crippen LogP contribution in [-0.2, 0) is 4.74 Å². The van der Waals surface area contributed by atoms with Gasteiger partial charge in [0.15, 0.2) is 0 Å². The van der Waals surface area contributed by atoms with Crippen LogP contribution < -0.4 is 5.32 Å². The van der Waals surface area contributed by atoms with Gasteiger partial charge in [-0.15, -0.1) is 0 Å². The van der Waals surface area contributed by atoms with E-state index in [1.807, 2.05) is 0 Å². The summed E-state index contributed by atoms with van der Waals surface area (Å²) in [5.41, 5.74) is 0. The molecule has 0 bridgehead atoms. The maximum Gasteiger partial charge on any atom is 0.0618 e. The molecular weight excluding hydrogens is 206 g/mol. The molecule has 1 aliphatic carbocycles. The van der Waals surface area contributed by atoms with Crippen LogP contribution in [0.3, 0.4) is 0 Å². The summed E-state index contributed by atoms with van der Waals surface area (Å²) < 4.78 is 5.20. The van der Waals surface area contributed by atoms with Crippen molar-refractivity contribution in [1.29, 1.82) is 0 Å². The SMILES string of the molecule is COCC(NCCSCC1CC1)C(C)C. The van der Waals surface area contributed by atoms with Gasteiger partial charge in [0.1, 0.15) is 0 Å². The third kappa shape index (κ3) is 6.44. The first-order chi connectivity index (χ1) is 7.24. The second kappa shape index (κ2) is 7.53. The molecule has 1 rings (SSSR count). The Kier molecular flexibility index (Phi) is 6.69. The highest BCUT2D eigenvalue weighted by Crippen LogP contribution is 2.32. The van der Waals surface area contributed by atoms with Gasteiger partial charge in [-0.3, -0.25) is 0 Å². The molecule has 0 amide bonds. The zero-order valence-electron chi connectivity index (χ0n) is 10.3. The third-order valence-corrected chi connectivity index (χ3v) is 4.05. The fourth-order valence-electron chi connectivity index (χ4n) is 1.52. The Balaban J connectivity index is 1.94. The van der Waals surface area contributed by atoms with Crippen LogP contribution in [0.15, 0.2) is 0 Å². The summed E-state index contributed by atoms with van der Waals surface area (Å²) in [6.07, 6.45) is 2.94. The quantitative estimate of drug-likeness (QED) is 0.616. The standard InChI is InChI=1S/C12H25NOS/c1-10(2)12(8-14-3)13-6-7-15-9-11-4-5-11/h10-13H,4-9H2,1-3H3. The molecule has 0 aliphatic heterocycles. The Morgan fingerprint density at radius 2 is 2.13 bits per heavy atom. The van der Waals surface area contributed by atoms with E-state index in [1.54, 1.807) is 7.11 Å². The van der Waals surface area contributed by atoms with Crippen LogP contribution in [0.1, 0.15) is 26.7 Å². The Bertz CT molecular complexity index is 160. The molecule has 0 aromatic heterocycles. The zero-order valence-corrected chi connectivity index (χ0v) is 11.1. The van der Waals surface area contributed by atoms with Crippen molar-refractivity contribution in [3.63, 3.8) is 0 Å². The molecule has 0 radical (unpaired) electrons. The summed E-state index contributed by atoms with van der Waals surface area (Å²) in [5.74, 6) is 4.31. The summed E-state index contributed by atoms with van der Waals surface area (Å²) in [4.78, 5) is 0. The Hall–Kier alpha value is 0.270. The largest absolute Gasteiger partial charge is 0.383 e. The van der Waals surface area contributed by atoms with Crippen LogP contribution in [0, 0.1) is 11.8 Å². The topological polar surface area (TPSA) is 21.3 Å². The van der Waals surface area contributed by atoms with E-state index in [9.17, 15) is 0 Å². The minimum absolute atomic E-state index is 0.511. The maximum atomic E-state index is 5.20. The van der Waals surface area contributed by atoms with Gasteiger partial charge in [-0.2, -0.15) is 11.8 Å². The van der Waals surface area contributed by atoms with Crippen molar-refractivity contribution in [2.24, 2.45) is 11.8 Å². The van der Waals surface area contributed by atoms with Crippen LogP contribution in [-0.4, -0.2) is 37.8 Å². The van der Waals surface area contributed by atoms with E-state index in [0.29, 0.717) is 12.0 Å². The summed E-state index contributed by atoms with van der Waals surface area (Å²) >= 11 is 2.09. The molecule has 1 unspecified atom stereocenters. The lowest BCUT2D eigenvalue weighted by Gasteiger charge is -2.21. The predicted octanol–water partition coefficient (Wildman–Crippen LogP) is 2.39. The first kappa shape index (κ1) is 13.3. The average Bonchev–Trinajstić information content (AvgIpc) is 2.99. The molecule has 1 N–H and O–H groups in total. The highest BCUT2D eigenvalue weighted by Gasteiger charge is 2.20. The Morgan fingerprint density at radius 1 is 1.40 bits per heavy atom. The fraction of sp³-hybridized carbons (Fsp3) is 1.00. The Morgan fingerprint density at radius 3 is 2.67 bits per heavy atom. The monoisotopic (exact) mass is 231 g/mol. The van der Waals surface area contributed by atoms with Crippen molar-refractivity contribution in [3.05, 3.63) is 0 Å². The number of ether oxygens (including phenoxy) is 1. The number of methoxy groups -OCH3 is 1. The van der Waals surface area contributed by atoms with Gasteiger partial charge < -0.3 is 10.1 Å². The van der Waals surface area contributed by atoms with Gasteiger partial charge in [0.05, 0.1) is 6.61 Å². The van der Waals surface area contributed by atoms with Gasteiger partial charge in [-0.1, -0.05) is 13.8 Å². The van der Waals surface area contributed by atoms with Crippen molar-refractivity contribution < 1.29 is 4.74 Å². The molecule has 1 aliphatic rings. The van der Waals surface area contributed by atoms with Crippen molar-refractivity contribution in [1.82, 2.24) is 5.32 Å². The normalized spacial score (nSPS) is 18.4. The molecule has 90 valence electrons. The van der Waals surface area contributed by atoms with Crippen molar-refractivity contribution in [2.75, 3.05) is 31.8 Å². The minimum atomic E-state index is 0.511. The first-order valence-corrected chi connectivity index (χ1v) is 7.19. The average molecular weight is 231 g/mol. The number of hydrogen-bond donors (Lipinski definition) is 1. The lowest BCUT2D eigenvalue weighted by atomic mass is 10.1. The van der Waals surface area contributed by atoms with Crippen LogP contribution >= 0.6 is 11.8 Å². The lowest BCUT2D eigenvalue weighted by Crippen LogP contribution is -2.38. The molecule has 3 heteroatoms. The summed E-state index contributed by atoms with van der Waals surface area (Å²) in [6.45, 7) is 6.43. The molecule has 1 atom stereocenters. The molecule has 0 heterocycles. The van der Waals surface area contributed by atoms with E-state index in [2.05, 4.69) is 30.9 Å². The zero-order chi connectivity index (χ0) is 11.1. The molecule has 15 heavy (non-hydrogen) atoms. The van der Waals surface area contributed by atoms with Gasteiger partial charge >= 0.3 is 0 Å². The summed E-state index contributed by atoms with van der Waals surface area (Å²) in [6, 6.07) is 0.511. The summed E-state index contributed by atoms with van der Waals surface area (Å²) in [5, 5.41) is 3.57. The highest BCUT2D eigenvalue weighted by molar-refractivity contribution is 7.99. The van der Waals surface area contributed by atoms with E-state index in [0.717, 1.165) is 19.1 Å². The molecule has 1 saturated carbocycles. The number of rotatable bonds is 9. The van der Waals surface area contributed by atoms with Crippen LogP contribution in [0.5, 0.6) is 0 Å². The van der Waals surface area contributed by atoms with Crippen molar-refractivity contribution in [2.45, 2.75) is 32.7 Å². The molecule has 0 saturated heterocycles. The number of hydrogen-bond acceptors (Lipinski definition) is 3. The number of nitrogens with one attached hydrogen (secondary N) is 1. The van der Waals surface area contributed by atoms with Gasteiger partial charge in [-0.05, 0) is 30.4 Å².